The van der Waals surface area contributed by atoms with E-state index in [4.69, 9.17) is 0 Å². The number of nitrogens with one attached hydrogen (secondary N) is 1. The molecule has 0 saturated carbocycles. The third-order valence-corrected chi connectivity index (χ3v) is 5.06. The van der Waals surface area contributed by atoms with Gasteiger partial charge in [0.15, 0.2) is 0 Å². The van der Waals surface area contributed by atoms with Crippen LogP contribution in [0.3, 0.4) is 0 Å². The SMILES string of the molecule is CCC(CC)(NS(=O)(=O)c1cc(F)ccc1C)C(=O)O. The van der Waals surface area contributed by atoms with Crippen LogP contribution in [0.25, 0.3) is 0 Å². The lowest BCUT2D eigenvalue weighted by Crippen LogP contribution is -2.53. The average molecular weight is 303 g/mol. The van der Waals surface area contributed by atoms with Gasteiger partial charge >= 0.3 is 5.97 Å². The monoisotopic (exact) mass is 303 g/mol. The maximum absolute atomic E-state index is 13.2. The molecule has 0 aliphatic heterocycles. The van der Waals surface area contributed by atoms with Gasteiger partial charge in [-0.3, -0.25) is 4.79 Å². The van der Waals surface area contributed by atoms with Gasteiger partial charge in [0.25, 0.3) is 0 Å². The molecule has 0 radical (unpaired) electrons. The van der Waals surface area contributed by atoms with E-state index in [9.17, 15) is 22.7 Å². The Balaban J connectivity index is 3.30. The molecule has 1 aromatic rings. The number of sulfonamides is 1. The van der Waals surface area contributed by atoms with E-state index >= 15 is 0 Å². The van der Waals surface area contributed by atoms with Crippen LogP contribution in [-0.2, 0) is 14.8 Å². The van der Waals surface area contributed by atoms with Crippen LogP contribution in [0.4, 0.5) is 4.39 Å². The molecule has 0 spiro atoms. The number of carboxylic acid groups (broad SMARTS) is 1. The van der Waals surface area contributed by atoms with Gasteiger partial charge in [-0.05, 0) is 37.5 Å². The van der Waals surface area contributed by atoms with Crippen molar-refractivity contribution in [3.05, 3.63) is 29.6 Å². The van der Waals surface area contributed by atoms with Crippen molar-refractivity contribution >= 4 is 16.0 Å². The number of carboxylic acids is 1. The zero-order chi connectivity index (χ0) is 15.6. The molecular weight excluding hydrogens is 285 g/mol. The maximum atomic E-state index is 13.2. The molecule has 0 unspecified atom stereocenters. The molecule has 0 heterocycles. The topological polar surface area (TPSA) is 83.5 Å². The first-order valence-corrected chi connectivity index (χ1v) is 7.70. The highest BCUT2D eigenvalue weighted by atomic mass is 32.2. The van der Waals surface area contributed by atoms with Gasteiger partial charge in [0.2, 0.25) is 10.0 Å². The van der Waals surface area contributed by atoms with Crippen LogP contribution in [-0.4, -0.2) is 25.0 Å². The van der Waals surface area contributed by atoms with Gasteiger partial charge in [-0.1, -0.05) is 19.9 Å². The molecule has 0 fully saturated rings. The molecule has 1 aromatic carbocycles. The standard InChI is InChI=1S/C13H18FNO4S/c1-4-13(5-2,12(16)17)15-20(18,19)11-8-10(14)7-6-9(11)3/h6-8,15H,4-5H2,1-3H3,(H,16,17). The number of carbonyl (C=O) groups is 1. The minimum atomic E-state index is -4.11. The van der Waals surface area contributed by atoms with Crippen LogP contribution in [0.2, 0.25) is 0 Å². The minimum Gasteiger partial charge on any atom is -0.480 e. The first kappa shape index (κ1) is 16.6. The molecule has 2 N–H and O–H groups in total. The Bertz CT molecular complexity index is 609. The summed E-state index contributed by atoms with van der Waals surface area (Å²) in [6.45, 7) is 4.69. The molecule has 0 aliphatic rings. The number of hydrogen-bond acceptors (Lipinski definition) is 3. The van der Waals surface area contributed by atoms with Crippen molar-refractivity contribution in [3.8, 4) is 0 Å². The van der Waals surface area contributed by atoms with Crippen molar-refractivity contribution in [1.82, 2.24) is 4.72 Å². The summed E-state index contributed by atoms with van der Waals surface area (Å²) < 4.78 is 40.0. The Morgan fingerprint density at radius 1 is 1.35 bits per heavy atom. The van der Waals surface area contributed by atoms with Gasteiger partial charge in [-0.15, -0.1) is 0 Å². The summed E-state index contributed by atoms with van der Waals surface area (Å²) in [4.78, 5) is 11.1. The van der Waals surface area contributed by atoms with E-state index in [-0.39, 0.29) is 17.7 Å². The summed E-state index contributed by atoms with van der Waals surface area (Å²) >= 11 is 0. The number of hydrogen-bond donors (Lipinski definition) is 2. The van der Waals surface area contributed by atoms with Crippen molar-refractivity contribution < 1.29 is 22.7 Å². The number of halogens is 1. The van der Waals surface area contributed by atoms with Crippen molar-refractivity contribution in [1.29, 1.82) is 0 Å². The Kier molecular flexibility index (Phi) is 4.88. The third kappa shape index (κ3) is 3.16. The Hall–Kier alpha value is -1.47. The van der Waals surface area contributed by atoms with Crippen LogP contribution < -0.4 is 4.72 Å². The fourth-order valence-electron chi connectivity index (χ4n) is 1.92. The Morgan fingerprint density at radius 3 is 2.35 bits per heavy atom. The van der Waals surface area contributed by atoms with Crippen molar-refractivity contribution in [2.75, 3.05) is 0 Å². The van der Waals surface area contributed by atoms with E-state index in [0.29, 0.717) is 5.56 Å². The molecule has 0 saturated heterocycles. The third-order valence-electron chi connectivity index (χ3n) is 3.39. The van der Waals surface area contributed by atoms with E-state index in [1.54, 1.807) is 13.8 Å². The first-order chi connectivity index (χ1) is 9.18. The second-order valence-corrected chi connectivity index (χ2v) is 6.26. The first-order valence-electron chi connectivity index (χ1n) is 6.22. The molecule has 20 heavy (non-hydrogen) atoms. The maximum Gasteiger partial charge on any atom is 0.324 e. The fraction of sp³-hybridized carbons (Fsp3) is 0.462. The van der Waals surface area contributed by atoms with Gasteiger partial charge in [-0.25, -0.2) is 12.8 Å². The number of aliphatic carboxylic acids is 1. The van der Waals surface area contributed by atoms with E-state index < -0.39 is 27.3 Å². The van der Waals surface area contributed by atoms with Crippen molar-refractivity contribution in [3.63, 3.8) is 0 Å². The van der Waals surface area contributed by atoms with Crippen molar-refractivity contribution in [2.45, 2.75) is 44.0 Å². The second-order valence-electron chi connectivity index (χ2n) is 4.61. The van der Waals surface area contributed by atoms with Gasteiger partial charge in [0, 0.05) is 0 Å². The predicted octanol–water partition coefficient (Wildman–Crippen LogP) is 2.06. The van der Waals surface area contributed by atoms with E-state index in [1.165, 1.54) is 13.0 Å². The van der Waals surface area contributed by atoms with Crippen LogP contribution >= 0.6 is 0 Å². The molecule has 5 nitrogen and oxygen atoms in total. The van der Waals surface area contributed by atoms with Gasteiger partial charge in [0.1, 0.15) is 11.4 Å². The lowest BCUT2D eigenvalue weighted by molar-refractivity contribution is -0.144. The molecule has 0 aromatic heterocycles. The Labute approximate surface area is 117 Å². The molecule has 0 aliphatic carbocycles. The van der Waals surface area contributed by atoms with E-state index in [1.807, 2.05) is 0 Å². The van der Waals surface area contributed by atoms with E-state index in [2.05, 4.69) is 4.72 Å². The van der Waals surface area contributed by atoms with Crippen LogP contribution in [0.15, 0.2) is 23.1 Å². The molecule has 0 amide bonds. The minimum absolute atomic E-state index is 0.0897. The summed E-state index contributed by atoms with van der Waals surface area (Å²) in [5.74, 6) is -1.94. The zero-order valence-corrected chi connectivity index (χ0v) is 12.4. The van der Waals surface area contributed by atoms with Crippen LogP contribution in [0, 0.1) is 12.7 Å². The second kappa shape index (κ2) is 5.88. The van der Waals surface area contributed by atoms with Gasteiger partial charge < -0.3 is 5.11 Å². The number of benzene rings is 1. The smallest absolute Gasteiger partial charge is 0.324 e. The highest BCUT2D eigenvalue weighted by Gasteiger charge is 2.39. The normalized spacial score (nSPS) is 12.4. The average Bonchev–Trinajstić information content (AvgIpc) is 2.38. The van der Waals surface area contributed by atoms with Gasteiger partial charge in [-0.2, -0.15) is 4.72 Å². The lowest BCUT2D eigenvalue weighted by Gasteiger charge is -2.28. The molecular formula is C13H18FNO4S. The largest absolute Gasteiger partial charge is 0.480 e. The summed E-state index contributed by atoms with van der Waals surface area (Å²) in [6.07, 6.45) is 0.179. The molecule has 7 heteroatoms. The van der Waals surface area contributed by atoms with Crippen molar-refractivity contribution in [2.24, 2.45) is 0 Å². The number of rotatable bonds is 6. The number of aryl methyl sites for hydroxylation is 1. The quantitative estimate of drug-likeness (QED) is 0.842. The summed E-state index contributed by atoms with van der Waals surface area (Å²) in [7, 11) is -4.11. The molecule has 112 valence electrons. The van der Waals surface area contributed by atoms with Gasteiger partial charge in [0.05, 0.1) is 4.90 Å². The van der Waals surface area contributed by atoms with Crippen LogP contribution in [0.5, 0.6) is 0 Å². The van der Waals surface area contributed by atoms with E-state index in [0.717, 1.165) is 12.1 Å². The molecule has 1 rings (SSSR count). The highest BCUT2D eigenvalue weighted by Crippen LogP contribution is 2.22. The Morgan fingerprint density at radius 2 is 1.90 bits per heavy atom. The molecule has 0 atom stereocenters. The predicted molar refractivity (Wildman–Crippen MR) is 72.4 cm³/mol. The summed E-state index contributed by atoms with van der Waals surface area (Å²) in [6, 6.07) is 3.37. The summed E-state index contributed by atoms with van der Waals surface area (Å²) in [5.41, 5.74) is -1.23. The zero-order valence-electron chi connectivity index (χ0n) is 11.6. The highest BCUT2D eigenvalue weighted by molar-refractivity contribution is 7.89. The molecule has 0 bridgehead atoms. The summed E-state index contributed by atoms with van der Waals surface area (Å²) in [5, 5.41) is 9.26. The lowest BCUT2D eigenvalue weighted by atomic mass is 9.95. The van der Waals surface area contributed by atoms with Crippen LogP contribution in [0.1, 0.15) is 32.3 Å². The fourth-order valence-corrected chi connectivity index (χ4v) is 3.68.